The van der Waals surface area contributed by atoms with Crippen molar-refractivity contribution < 1.29 is 8.42 Å². The fraction of sp³-hybridized carbons (Fsp3) is 0.308. The molecule has 0 bridgehead atoms. The highest BCUT2D eigenvalue weighted by Crippen LogP contribution is 2.26. The van der Waals surface area contributed by atoms with Crippen molar-refractivity contribution in [3.05, 3.63) is 44.3 Å². The Morgan fingerprint density at radius 3 is 2.71 bits per heavy atom. The lowest BCUT2D eigenvalue weighted by Gasteiger charge is -2.12. The first-order valence-electron chi connectivity index (χ1n) is 6.25. The van der Waals surface area contributed by atoms with Crippen LogP contribution in [0.5, 0.6) is 0 Å². The molecule has 0 saturated heterocycles. The van der Waals surface area contributed by atoms with E-state index in [1.54, 1.807) is 19.2 Å². The van der Waals surface area contributed by atoms with Gasteiger partial charge in [0.05, 0.1) is 11.4 Å². The van der Waals surface area contributed by atoms with Gasteiger partial charge in [0.2, 0.25) is 10.0 Å². The maximum atomic E-state index is 12.5. The average Bonchev–Trinajstić information content (AvgIpc) is 2.94. The third-order valence-corrected chi connectivity index (χ3v) is 6.05. The van der Waals surface area contributed by atoms with Gasteiger partial charge in [-0.25, -0.2) is 18.1 Å². The summed E-state index contributed by atoms with van der Waals surface area (Å²) in [5.74, 6) is 0. The summed E-state index contributed by atoms with van der Waals surface area (Å²) >= 11 is 4.84. The molecule has 1 aromatic carbocycles. The second kappa shape index (κ2) is 6.97. The number of hydrogen-bond acceptors (Lipinski definition) is 5. The summed E-state index contributed by atoms with van der Waals surface area (Å²) in [6, 6.07) is 3.62. The predicted octanol–water partition coefficient (Wildman–Crippen LogP) is 2.41. The smallest absolute Gasteiger partial charge is 0.241 e. The molecule has 1 heterocycles. The summed E-state index contributed by atoms with van der Waals surface area (Å²) in [7, 11) is -1.75. The maximum Gasteiger partial charge on any atom is 0.241 e. The Hall–Kier alpha value is -0.800. The molecular formula is C13H16BrN3O2S2. The van der Waals surface area contributed by atoms with Gasteiger partial charge in [0.25, 0.3) is 0 Å². The van der Waals surface area contributed by atoms with E-state index in [9.17, 15) is 8.42 Å². The summed E-state index contributed by atoms with van der Waals surface area (Å²) in [5.41, 5.74) is 1.60. The van der Waals surface area contributed by atoms with E-state index in [0.717, 1.165) is 15.0 Å². The SMILES string of the molecule is CNCc1cc(Br)c(C)c(S(=O)(=O)NCc2nccs2)c1. The highest BCUT2D eigenvalue weighted by atomic mass is 79.9. The molecule has 114 valence electrons. The number of rotatable bonds is 6. The fourth-order valence-electron chi connectivity index (χ4n) is 1.87. The molecule has 0 unspecified atom stereocenters. The van der Waals surface area contributed by atoms with Crippen molar-refractivity contribution in [1.29, 1.82) is 0 Å². The molecule has 1 aromatic heterocycles. The van der Waals surface area contributed by atoms with Gasteiger partial charge in [-0.2, -0.15) is 0 Å². The number of sulfonamides is 1. The third kappa shape index (κ3) is 4.10. The van der Waals surface area contributed by atoms with E-state index < -0.39 is 10.0 Å². The van der Waals surface area contributed by atoms with E-state index >= 15 is 0 Å². The maximum absolute atomic E-state index is 12.5. The Bertz CT molecular complexity index is 715. The van der Waals surface area contributed by atoms with Crippen LogP contribution < -0.4 is 10.0 Å². The lowest BCUT2D eigenvalue weighted by Crippen LogP contribution is -2.24. The van der Waals surface area contributed by atoms with Crippen molar-refractivity contribution in [3.63, 3.8) is 0 Å². The van der Waals surface area contributed by atoms with Gasteiger partial charge in [-0.05, 0) is 37.2 Å². The molecule has 2 rings (SSSR count). The molecule has 0 radical (unpaired) electrons. The fourth-order valence-corrected chi connectivity index (χ4v) is 4.46. The van der Waals surface area contributed by atoms with Crippen LogP contribution in [0.2, 0.25) is 0 Å². The summed E-state index contributed by atoms with van der Waals surface area (Å²) in [6.45, 7) is 2.59. The zero-order valence-electron chi connectivity index (χ0n) is 11.7. The topological polar surface area (TPSA) is 71.1 Å². The molecule has 0 amide bonds. The molecule has 0 aliphatic rings. The summed E-state index contributed by atoms with van der Waals surface area (Å²) in [5, 5.41) is 5.58. The van der Waals surface area contributed by atoms with Gasteiger partial charge in [0.15, 0.2) is 0 Å². The minimum Gasteiger partial charge on any atom is -0.316 e. The largest absolute Gasteiger partial charge is 0.316 e. The van der Waals surface area contributed by atoms with Crippen LogP contribution in [0.25, 0.3) is 0 Å². The quantitative estimate of drug-likeness (QED) is 0.795. The zero-order chi connectivity index (χ0) is 15.5. The first-order chi connectivity index (χ1) is 9.94. The van der Waals surface area contributed by atoms with Gasteiger partial charge < -0.3 is 5.32 Å². The van der Waals surface area contributed by atoms with Crippen molar-refractivity contribution in [1.82, 2.24) is 15.0 Å². The van der Waals surface area contributed by atoms with Crippen LogP contribution in [0.1, 0.15) is 16.1 Å². The molecule has 21 heavy (non-hydrogen) atoms. The number of nitrogens with one attached hydrogen (secondary N) is 2. The molecule has 5 nitrogen and oxygen atoms in total. The molecule has 0 aliphatic carbocycles. The lowest BCUT2D eigenvalue weighted by atomic mass is 10.1. The van der Waals surface area contributed by atoms with Crippen molar-refractivity contribution in [2.75, 3.05) is 7.05 Å². The Kier molecular flexibility index (Phi) is 5.50. The second-order valence-electron chi connectivity index (χ2n) is 4.48. The number of thiazole rings is 1. The van der Waals surface area contributed by atoms with Gasteiger partial charge in [0.1, 0.15) is 5.01 Å². The number of aromatic nitrogens is 1. The van der Waals surface area contributed by atoms with E-state index in [1.165, 1.54) is 11.3 Å². The molecular weight excluding hydrogens is 374 g/mol. The van der Waals surface area contributed by atoms with Gasteiger partial charge in [-0.3, -0.25) is 0 Å². The highest BCUT2D eigenvalue weighted by Gasteiger charge is 2.19. The van der Waals surface area contributed by atoms with Gasteiger partial charge in [0, 0.05) is 22.6 Å². The molecule has 0 atom stereocenters. The summed E-state index contributed by atoms with van der Waals surface area (Å²) in [4.78, 5) is 4.36. The first kappa shape index (κ1) is 16.6. The number of hydrogen-bond donors (Lipinski definition) is 2. The number of benzene rings is 1. The molecule has 8 heteroatoms. The minimum atomic E-state index is -3.57. The molecule has 0 spiro atoms. The average molecular weight is 390 g/mol. The van der Waals surface area contributed by atoms with Crippen molar-refractivity contribution >= 4 is 37.3 Å². The van der Waals surface area contributed by atoms with Crippen LogP contribution in [-0.2, 0) is 23.1 Å². The predicted molar refractivity (Wildman–Crippen MR) is 87.8 cm³/mol. The Morgan fingerprint density at radius 2 is 2.10 bits per heavy atom. The Balaban J connectivity index is 2.30. The van der Waals surface area contributed by atoms with Crippen LogP contribution in [0.3, 0.4) is 0 Å². The minimum absolute atomic E-state index is 0.202. The zero-order valence-corrected chi connectivity index (χ0v) is 14.9. The van der Waals surface area contributed by atoms with Gasteiger partial charge in [-0.1, -0.05) is 15.9 Å². The third-order valence-electron chi connectivity index (χ3n) is 2.92. The summed E-state index contributed by atoms with van der Waals surface area (Å²) < 4.78 is 28.3. The number of halogens is 1. The highest BCUT2D eigenvalue weighted by molar-refractivity contribution is 9.10. The molecule has 2 aromatic rings. The van der Waals surface area contributed by atoms with Crippen LogP contribution in [0, 0.1) is 6.92 Å². The van der Waals surface area contributed by atoms with Crippen molar-refractivity contribution in [2.45, 2.75) is 24.9 Å². The normalized spacial score (nSPS) is 11.8. The van der Waals surface area contributed by atoms with Crippen LogP contribution in [0.15, 0.2) is 33.1 Å². The van der Waals surface area contributed by atoms with Gasteiger partial charge in [-0.15, -0.1) is 11.3 Å². The van der Waals surface area contributed by atoms with Crippen molar-refractivity contribution in [2.24, 2.45) is 0 Å². The molecule has 0 saturated carbocycles. The molecule has 2 N–H and O–H groups in total. The van der Waals surface area contributed by atoms with E-state index in [2.05, 4.69) is 31.0 Å². The Labute approximate surface area is 137 Å². The van der Waals surface area contributed by atoms with Crippen molar-refractivity contribution in [3.8, 4) is 0 Å². The molecule has 0 fully saturated rings. The summed E-state index contributed by atoms with van der Waals surface area (Å²) in [6.07, 6.45) is 1.66. The lowest BCUT2D eigenvalue weighted by molar-refractivity contribution is 0.580. The van der Waals surface area contributed by atoms with Crippen LogP contribution in [-0.4, -0.2) is 20.4 Å². The van der Waals surface area contributed by atoms with E-state index in [-0.39, 0.29) is 6.54 Å². The standard InChI is InChI=1S/C13H16BrN3O2S2/c1-9-11(14)5-10(7-15-2)6-12(9)21(18,19)17-8-13-16-3-4-20-13/h3-6,15,17H,7-8H2,1-2H3. The molecule has 0 aliphatic heterocycles. The number of nitrogens with zero attached hydrogens (tertiary/aromatic N) is 1. The van der Waals surface area contributed by atoms with Crippen LogP contribution in [0.4, 0.5) is 0 Å². The van der Waals surface area contributed by atoms with E-state index in [0.29, 0.717) is 17.0 Å². The van der Waals surface area contributed by atoms with Gasteiger partial charge >= 0.3 is 0 Å². The monoisotopic (exact) mass is 389 g/mol. The van der Waals surface area contributed by atoms with E-state index in [1.807, 2.05) is 18.5 Å². The first-order valence-corrected chi connectivity index (χ1v) is 9.41. The van der Waals surface area contributed by atoms with Crippen LogP contribution >= 0.6 is 27.3 Å². The second-order valence-corrected chi connectivity index (χ2v) is 8.05. The van der Waals surface area contributed by atoms with E-state index in [4.69, 9.17) is 0 Å². The Morgan fingerprint density at radius 1 is 1.33 bits per heavy atom.